The summed E-state index contributed by atoms with van der Waals surface area (Å²) in [6.07, 6.45) is 2.93. The number of para-hydroxylation sites is 2. The van der Waals surface area contributed by atoms with Crippen molar-refractivity contribution in [2.75, 3.05) is 16.3 Å². The molecule has 0 fully saturated rings. The molecule has 5 nitrogen and oxygen atoms in total. The number of sulfonamides is 1. The Kier molecular flexibility index (Phi) is 4.24. The average Bonchev–Trinajstić information content (AvgIpc) is 2.38. The minimum Gasteiger partial charge on any atom is -0.379 e. The van der Waals surface area contributed by atoms with Gasteiger partial charge in [-0.25, -0.2) is 8.42 Å². The lowest BCUT2D eigenvalue weighted by molar-refractivity contribution is 0.607. The van der Waals surface area contributed by atoms with Crippen molar-refractivity contribution in [3.63, 3.8) is 0 Å². The summed E-state index contributed by atoms with van der Waals surface area (Å²) in [5, 5.41) is 3.20. The van der Waals surface area contributed by atoms with Crippen LogP contribution in [0.2, 0.25) is 0 Å². The zero-order valence-electron chi connectivity index (χ0n) is 11.4. The Balaban J connectivity index is 2.11. The van der Waals surface area contributed by atoms with E-state index in [4.69, 9.17) is 0 Å². The summed E-state index contributed by atoms with van der Waals surface area (Å²) >= 11 is 0. The van der Waals surface area contributed by atoms with Crippen LogP contribution in [0.25, 0.3) is 0 Å². The number of hydrogen-bond donors (Lipinski definition) is 2. The molecule has 1 aromatic heterocycles. The molecule has 6 heteroatoms. The number of nitrogens with zero attached hydrogens (tertiary/aromatic N) is 1. The molecule has 2 rings (SSSR count). The van der Waals surface area contributed by atoms with E-state index in [1.54, 1.807) is 18.3 Å². The minimum atomic E-state index is -3.29. The fourth-order valence-electron chi connectivity index (χ4n) is 1.73. The SMILES string of the molecule is Cc1ccc(CNc2ccccc2NS(C)(=O)=O)cn1. The van der Waals surface area contributed by atoms with Crippen molar-refractivity contribution in [1.82, 2.24) is 4.98 Å². The lowest BCUT2D eigenvalue weighted by atomic mass is 10.2. The van der Waals surface area contributed by atoms with Crippen LogP contribution < -0.4 is 10.0 Å². The summed E-state index contributed by atoms with van der Waals surface area (Å²) in [4.78, 5) is 4.22. The van der Waals surface area contributed by atoms with Crippen LogP contribution in [0.1, 0.15) is 11.3 Å². The van der Waals surface area contributed by atoms with E-state index in [-0.39, 0.29) is 0 Å². The summed E-state index contributed by atoms with van der Waals surface area (Å²) in [5.74, 6) is 0. The highest BCUT2D eigenvalue weighted by molar-refractivity contribution is 7.92. The molecule has 0 unspecified atom stereocenters. The molecule has 0 aliphatic heterocycles. The lowest BCUT2D eigenvalue weighted by Gasteiger charge is -2.12. The van der Waals surface area contributed by atoms with Gasteiger partial charge >= 0.3 is 0 Å². The van der Waals surface area contributed by atoms with Gasteiger partial charge in [0.15, 0.2) is 0 Å². The average molecular weight is 291 g/mol. The van der Waals surface area contributed by atoms with Gasteiger partial charge in [0, 0.05) is 18.4 Å². The third kappa shape index (κ3) is 4.24. The van der Waals surface area contributed by atoms with E-state index in [0.29, 0.717) is 12.2 Å². The van der Waals surface area contributed by atoms with Gasteiger partial charge in [-0.2, -0.15) is 0 Å². The first-order valence-electron chi connectivity index (χ1n) is 6.16. The molecule has 0 aliphatic carbocycles. The van der Waals surface area contributed by atoms with Gasteiger partial charge in [0.05, 0.1) is 17.6 Å². The molecule has 0 bridgehead atoms. The van der Waals surface area contributed by atoms with Crippen LogP contribution in [0.3, 0.4) is 0 Å². The maximum absolute atomic E-state index is 11.3. The molecule has 0 spiro atoms. The summed E-state index contributed by atoms with van der Waals surface area (Å²) < 4.78 is 25.1. The molecule has 2 N–H and O–H groups in total. The van der Waals surface area contributed by atoms with Crippen LogP contribution in [0, 0.1) is 6.92 Å². The first kappa shape index (κ1) is 14.3. The topological polar surface area (TPSA) is 71.1 Å². The highest BCUT2D eigenvalue weighted by Crippen LogP contribution is 2.22. The second kappa shape index (κ2) is 5.92. The Morgan fingerprint density at radius 1 is 1.10 bits per heavy atom. The van der Waals surface area contributed by atoms with Gasteiger partial charge in [-0.15, -0.1) is 0 Å². The largest absolute Gasteiger partial charge is 0.379 e. The highest BCUT2D eigenvalue weighted by atomic mass is 32.2. The molecule has 0 amide bonds. The van der Waals surface area contributed by atoms with Crippen molar-refractivity contribution in [2.45, 2.75) is 13.5 Å². The molecular formula is C14H17N3O2S. The van der Waals surface area contributed by atoms with Crippen molar-refractivity contribution in [3.8, 4) is 0 Å². The monoisotopic (exact) mass is 291 g/mol. The van der Waals surface area contributed by atoms with Gasteiger partial charge in [0.1, 0.15) is 0 Å². The Morgan fingerprint density at radius 2 is 1.80 bits per heavy atom. The number of benzene rings is 1. The summed E-state index contributed by atoms with van der Waals surface area (Å²) in [6, 6.07) is 11.1. The van der Waals surface area contributed by atoms with E-state index in [2.05, 4.69) is 15.0 Å². The predicted octanol–water partition coefficient (Wildman–Crippen LogP) is 2.37. The molecule has 2 aromatic rings. The lowest BCUT2D eigenvalue weighted by Crippen LogP contribution is -2.12. The van der Waals surface area contributed by atoms with Gasteiger partial charge in [-0.05, 0) is 30.7 Å². The van der Waals surface area contributed by atoms with Crippen LogP contribution in [0.4, 0.5) is 11.4 Å². The van der Waals surface area contributed by atoms with Gasteiger partial charge in [-0.3, -0.25) is 9.71 Å². The van der Waals surface area contributed by atoms with Crippen molar-refractivity contribution in [2.24, 2.45) is 0 Å². The van der Waals surface area contributed by atoms with Crippen LogP contribution in [-0.4, -0.2) is 19.7 Å². The van der Waals surface area contributed by atoms with Gasteiger partial charge in [0.2, 0.25) is 10.0 Å². The van der Waals surface area contributed by atoms with E-state index in [9.17, 15) is 8.42 Å². The summed E-state index contributed by atoms with van der Waals surface area (Å²) in [5.41, 5.74) is 3.27. The molecule has 0 saturated heterocycles. The maximum atomic E-state index is 11.3. The van der Waals surface area contributed by atoms with Crippen molar-refractivity contribution in [3.05, 3.63) is 53.9 Å². The normalized spacial score (nSPS) is 11.1. The number of aryl methyl sites for hydroxylation is 1. The molecule has 106 valence electrons. The zero-order chi connectivity index (χ0) is 14.6. The molecule has 0 saturated carbocycles. The second-order valence-corrected chi connectivity index (χ2v) is 6.33. The molecule has 1 aromatic carbocycles. The van der Waals surface area contributed by atoms with E-state index in [0.717, 1.165) is 23.2 Å². The molecule has 1 heterocycles. The molecule has 0 radical (unpaired) electrons. The third-order valence-electron chi connectivity index (χ3n) is 2.68. The van der Waals surface area contributed by atoms with Crippen LogP contribution in [-0.2, 0) is 16.6 Å². The number of rotatable bonds is 5. The van der Waals surface area contributed by atoms with Gasteiger partial charge in [-0.1, -0.05) is 18.2 Å². The van der Waals surface area contributed by atoms with E-state index < -0.39 is 10.0 Å². The quantitative estimate of drug-likeness (QED) is 0.887. The molecule has 0 aliphatic rings. The fraction of sp³-hybridized carbons (Fsp3) is 0.214. The van der Waals surface area contributed by atoms with Crippen molar-refractivity contribution >= 4 is 21.4 Å². The molecule has 20 heavy (non-hydrogen) atoms. The van der Waals surface area contributed by atoms with Crippen molar-refractivity contribution < 1.29 is 8.42 Å². The minimum absolute atomic E-state index is 0.537. The Hall–Kier alpha value is -2.08. The second-order valence-electron chi connectivity index (χ2n) is 4.58. The summed E-state index contributed by atoms with van der Waals surface area (Å²) in [6.45, 7) is 2.51. The predicted molar refractivity (Wildman–Crippen MR) is 81.2 cm³/mol. The van der Waals surface area contributed by atoms with Gasteiger partial charge in [0.25, 0.3) is 0 Å². The third-order valence-corrected chi connectivity index (χ3v) is 3.27. The molecule has 0 atom stereocenters. The number of pyridine rings is 1. The van der Waals surface area contributed by atoms with E-state index >= 15 is 0 Å². The maximum Gasteiger partial charge on any atom is 0.229 e. The molecular weight excluding hydrogens is 274 g/mol. The standard InChI is InChI=1S/C14H17N3O2S/c1-11-7-8-12(9-15-11)10-16-13-5-3-4-6-14(13)17-20(2,18)19/h3-9,16-17H,10H2,1-2H3. The number of aromatic nitrogens is 1. The Morgan fingerprint density at radius 3 is 2.40 bits per heavy atom. The zero-order valence-corrected chi connectivity index (χ0v) is 12.2. The van der Waals surface area contributed by atoms with Crippen LogP contribution in [0.5, 0.6) is 0 Å². The van der Waals surface area contributed by atoms with E-state index in [1.165, 1.54) is 0 Å². The first-order chi connectivity index (χ1) is 9.44. The fourth-order valence-corrected chi connectivity index (χ4v) is 2.30. The van der Waals surface area contributed by atoms with Crippen molar-refractivity contribution in [1.29, 1.82) is 0 Å². The van der Waals surface area contributed by atoms with Crippen LogP contribution in [0.15, 0.2) is 42.6 Å². The Labute approximate surface area is 119 Å². The first-order valence-corrected chi connectivity index (χ1v) is 8.05. The van der Waals surface area contributed by atoms with E-state index in [1.807, 2.05) is 31.2 Å². The smallest absolute Gasteiger partial charge is 0.229 e. The number of hydrogen-bond acceptors (Lipinski definition) is 4. The number of nitrogens with one attached hydrogen (secondary N) is 2. The summed E-state index contributed by atoms with van der Waals surface area (Å²) in [7, 11) is -3.29. The Bertz CT molecular complexity index is 682. The van der Waals surface area contributed by atoms with Gasteiger partial charge < -0.3 is 5.32 Å². The number of anilines is 2. The van der Waals surface area contributed by atoms with Crippen LogP contribution >= 0.6 is 0 Å². The highest BCUT2D eigenvalue weighted by Gasteiger charge is 2.06.